The Balaban J connectivity index is 2.07. The summed E-state index contributed by atoms with van der Waals surface area (Å²) in [7, 11) is 0. The lowest BCUT2D eigenvalue weighted by atomic mass is 9.97. The van der Waals surface area contributed by atoms with E-state index in [-0.39, 0.29) is 17.0 Å². The molecule has 0 aliphatic carbocycles. The first-order valence-corrected chi connectivity index (χ1v) is 8.79. The summed E-state index contributed by atoms with van der Waals surface area (Å²) in [5.41, 5.74) is -0.0768. The Kier molecular flexibility index (Phi) is 5.12. The summed E-state index contributed by atoms with van der Waals surface area (Å²) in [6.45, 7) is 6.96. The van der Waals surface area contributed by atoms with E-state index in [2.05, 4.69) is 20.3 Å². The predicted octanol–water partition coefficient (Wildman–Crippen LogP) is 2.67. The first kappa shape index (κ1) is 19.8. The van der Waals surface area contributed by atoms with E-state index in [0.29, 0.717) is 17.8 Å². The second-order valence-electron chi connectivity index (χ2n) is 7.07. The van der Waals surface area contributed by atoms with Crippen LogP contribution in [0, 0.1) is 18.6 Å². The lowest BCUT2D eigenvalue weighted by Gasteiger charge is -2.30. The van der Waals surface area contributed by atoms with Crippen LogP contribution in [0.1, 0.15) is 48.8 Å². The Morgan fingerprint density at radius 2 is 1.93 bits per heavy atom. The number of aryl methyl sites for hydroxylation is 2. The van der Waals surface area contributed by atoms with Gasteiger partial charge in [-0.05, 0) is 27.7 Å². The number of carbonyl (C=O) groups excluding carboxylic acids is 1. The molecule has 28 heavy (non-hydrogen) atoms. The predicted molar refractivity (Wildman–Crippen MR) is 98.6 cm³/mol. The van der Waals surface area contributed by atoms with Crippen LogP contribution in [0.5, 0.6) is 0 Å². The van der Waals surface area contributed by atoms with E-state index >= 15 is 0 Å². The molecule has 0 fully saturated rings. The molecule has 0 radical (unpaired) electrons. The Morgan fingerprint density at radius 3 is 2.50 bits per heavy atom. The molecule has 3 rings (SSSR count). The van der Waals surface area contributed by atoms with Crippen LogP contribution >= 0.6 is 0 Å². The van der Waals surface area contributed by atoms with Gasteiger partial charge in [-0.15, -0.1) is 0 Å². The molecule has 1 atom stereocenters. The van der Waals surface area contributed by atoms with Crippen molar-refractivity contribution < 1.29 is 18.7 Å². The van der Waals surface area contributed by atoms with Gasteiger partial charge in [-0.25, -0.2) is 18.7 Å². The fourth-order valence-electron chi connectivity index (χ4n) is 2.96. The summed E-state index contributed by atoms with van der Waals surface area (Å²) >= 11 is 0. The van der Waals surface area contributed by atoms with Crippen molar-refractivity contribution in [2.45, 2.75) is 45.9 Å². The van der Waals surface area contributed by atoms with E-state index in [1.807, 2.05) is 0 Å². The fourth-order valence-corrected chi connectivity index (χ4v) is 2.96. The summed E-state index contributed by atoms with van der Waals surface area (Å²) in [5, 5.41) is 13.4. The maximum Gasteiger partial charge on any atom is 0.272 e. The third-order valence-electron chi connectivity index (χ3n) is 4.39. The Hall–Kier alpha value is -2.94. The molecule has 0 unspecified atom stereocenters. The third kappa shape index (κ3) is 3.70. The minimum absolute atomic E-state index is 0.0797. The minimum Gasteiger partial charge on any atom is -0.388 e. The standard InChI is InChI=1S/C19H21F2N5O2/c1-5-26-15-7-12(21)11(20)6-13(15)24-17(26)16(19(3,4)28)25-18(27)14-9-22-10(2)8-23-14/h6-9,16,28H,5H2,1-4H3,(H,25,27)/t16-/m1/s1. The summed E-state index contributed by atoms with van der Waals surface area (Å²) < 4.78 is 29.0. The van der Waals surface area contributed by atoms with E-state index in [1.165, 1.54) is 26.2 Å². The molecule has 2 heterocycles. The monoisotopic (exact) mass is 389 g/mol. The molecule has 7 nitrogen and oxygen atoms in total. The number of nitrogens with one attached hydrogen (secondary N) is 1. The van der Waals surface area contributed by atoms with Gasteiger partial charge < -0.3 is 15.0 Å². The number of rotatable bonds is 5. The Labute approximate surface area is 160 Å². The smallest absolute Gasteiger partial charge is 0.272 e. The van der Waals surface area contributed by atoms with Crippen molar-refractivity contribution in [1.82, 2.24) is 24.8 Å². The van der Waals surface area contributed by atoms with Crippen LogP contribution in [0.3, 0.4) is 0 Å². The maximum absolute atomic E-state index is 13.7. The van der Waals surface area contributed by atoms with Crippen molar-refractivity contribution >= 4 is 16.9 Å². The number of benzene rings is 1. The summed E-state index contributed by atoms with van der Waals surface area (Å²) in [4.78, 5) is 25.1. The quantitative estimate of drug-likeness (QED) is 0.700. The van der Waals surface area contributed by atoms with Gasteiger partial charge in [0.2, 0.25) is 0 Å². The molecule has 0 aliphatic rings. The van der Waals surface area contributed by atoms with Gasteiger partial charge in [0, 0.05) is 24.9 Å². The molecule has 0 spiro atoms. The van der Waals surface area contributed by atoms with E-state index in [0.717, 1.165) is 12.1 Å². The molecular formula is C19H21F2N5O2. The molecule has 0 aliphatic heterocycles. The van der Waals surface area contributed by atoms with Crippen molar-refractivity contribution in [2.24, 2.45) is 0 Å². The first-order valence-electron chi connectivity index (χ1n) is 8.79. The highest BCUT2D eigenvalue weighted by atomic mass is 19.2. The van der Waals surface area contributed by atoms with Crippen LogP contribution in [0.4, 0.5) is 8.78 Å². The number of aromatic nitrogens is 4. The Bertz CT molecular complexity index is 1030. The summed E-state index contributed by atoms with van der Waals surface area (Å²) in [5.74, 6) is -2.28. The van der Waals surface area contributed by atoms with E-state index in [1.54, 1.807) is 18.4 Å². The fraction of sp³-hybridized carbons (Fsp3) is 0.368. The molecule has 148 valence electrons. The Morgan fingerprint density at radius 1 is 1.25 bits per heavy atom. The van der Waals surface area contributed by atoms with Gasteiger partial charge in [0.15, 0.2) is 11.6 Å². The van der Waals surface area contributed by atoms with E-state index in [4.69, 9.17) is 0 Å². The lowest BCUT2D eigenvalue weighted by molar-refractivity contribution is 0.0305. The van der Waals surface area contributed by atoms with Gasteiger partial charge in [-0.1, -0.05) is 0 Å². The molecule has 2 N–H and O–H groups in total. The maximum atomic E-state index is 13.7. The number of hydrogen-bond acceptors (Lipinski definition) is 5. The van der Waals surface area contributed by atoms with Gasteiger partial charge in [-0.2, -0.15) is 0 Å². The molecule has 9 heteroatoms. The van der Waals surface area contributed by atoms with Crippen molar-refractivity contribution in [2.75, 3.05) is 0 Å². The molecule has 0 saturated carbocycles. The van der Waals surface area contributed by atoms with Crippen LogP contribution in [0.25, 0.3) is 11.0 Å². The van der Waals surface area contributed by atoms with Gasteiger partial charge in [-0.3, -0.25) is 9.78 Å². The van der Waals surface area contributed by atoms with E-state index in [9.17, 15) is 18.7 Å². The molecule has 1 aromatic carbocycles. The minimum atomic E-state index is -1.42. The highest BCUT2D eigenvalue weighted by molar-refractivity contribution is 5.92. The van der Waals surface area contributed by atoms with Crippen LogP contribution in [0.15, 0.2) is 24.5 Å². The van der Waals surface area contributed by atoms with Crippen molar-refractivity contribution in [3.05, 3.63) is 53.4 Å². The van der Waals surface area contributed by atoms with E-state index < -0.39 is 29.2 Å². The van der Waals surface area contributed by atoms with Gasteiger partial charge in [0.25, 0.3) is 5.91 Å². The van der Waals surface area contributed by atoms with Crippen molar-refractivity contribution in [1.29, 1.82) is 0 Å². The lowest BCUT2D eigenvalue weighted by Crippen LogP contribution is -2.43. The van der Waals surface area contributed by atoms with Crippen molar-refractivity contribution in [3.8, 4) is 0 Å². The number of nitrogens with zero attached hydrogens (tertiary/aromatic N) is 4. The highest BCUT2D eigenvalue weighted by Gasteiger charge is 2.35. The van der Waals surface area contributed by atoms with Crippen LogP contribution in [-0.2, 0) is 6.54 Å². The van der Waals surface area contributed by atoms with Gasteiger partial charge in [0.1, 0.15) is 17.6 Å². The zero-order valence-electron chi connectivity index (χ0n) is 16.0. The average Bonchev–Trinajstić information content (AvgIpc) is 2.96. The zero-order valence-corrected chi connectivity index (χ0v) is 16.0. The highest BCUT2D eigenvalue weighted by Crippen LogP contribution is 2.29. The van der Waals surface area contributed by atoms with Gasteiger partial charge >= 0.3 is 0 Å². The van der Waals surface area contributed by atoms with Crippen LogP contribution < -0.4 is 5.32 Å². The van der Waals surface area contributed by atoms with Crippen LogP contribution in [0.2, 0.25) is 0 Å². The third-order valence-corrected chi connectivity index (χ3v) is 4.39. The number of carbonyl (C=O) groups is 1. The molecule has 0 bridgehead atoms. The number of halogens is 2. The summed E-state index contributed by atoms with van der Waals surface area (Å²) in [6.07, 6.45) is 2.79. The largest absolute Gasteiger partial charge is 0.388 e. The normalized spacial score (nSPS) is 13.0. The first-order chi connectivity index (χ1) is 13.1. The second-order valence-corrected chi connectivity index (χ2v) is 7.07. The topological polar surface area (TPSA) is 92.9 Å². The summed E-state index contributed by atoms with van der Waals surface area (Å²) in [6, 6.07) is 1.09. The molecule has 3 aromatic rings. The van der Waals surface area contributed by atoms with Gasteiger partial charge in [0.05, 0.1) is 28.5 Å². The second kappa shape index (κ2) is 7.23. The van der Waals surface area contributed by atoms with Crippen LogP contribution in [-0.4, -0.2) is 36.1 Å². The van der Waals surface area contributed by atoms with Crippen molar-refractivity contribution in [3.63, 3.8) is 0 Å². The zero-order chi connectivity index (χ0) is 20.6. The molecular weight excluding hydrogens is 368 g/mol. The number of imidazole rings is 1. The molecule has 2 aromatic heterocycles. The number of hydrogen-bond donors (Lipinski definition) is 2. The average molecular weight is 389 g/mol. The SMILES string of the molecule is CCn1c([C@@H](NC(=O)c2cnc(C)cn2)C(C)(C)O)nc2cc(F)c(F)cc21. The number of aliphatic hydroxyl groups is 1. The molecule has 0 saturated heterocycles. The molecule has 1 amide bonds. The number of fused-ring (bicyclic) bond motifs is 1. The number of amides is 1.